The number of anilines is 1. The molecule has 9 nitrogen and oxygen atoms in total. The fourth-order valence-electron chi connectivity index (χ4n) is 5.11. The number of hydrogen-bond acceptors (Lipinski definition) is 9. The predicted molar refractivity (Wildman–Crippen MR) is 163 cm³/mol. The van der Waals surface area contributed by atoms with Gasteiger partial charge in [-0.1, -0.05) is 11.6 Å². The first-order chi connectivity index (χ1) is 20.5. The zero-order valence-electron chi connectivity index (χ0n) is 24.0. The Balaban J connectivity index is 1.28. The molecule has 43 heavy (non-hydrogen) atoms. The average Bonchev–Trinajstić information content (AvgIpc) is 3.78. The molecule has 3 aliphatic rings. The number of amides is 1. The largest absolute Gasteiger partial charge is 0.379 e. The molecule has 2 heterocycles. The van der Waals surface area contributed by atoms with Crippen LogP contribution < -0.4 is 10.0 Å². The van der Waals surface area contributed by atoms with Gasteiger partial charge >= 0.3 is 0 Å². The standard InChI is InChI=1S/C30H36ClFN4O5S2/c1-30(11-2-3-13-40-30)29(37)35-43(38,39)26-14-20(16-33)28(27(31)15-26)34-22(19-42-25-8-4-21(32)5-9-25)10-12-36-17-24(18-36)41-23-6-7-23/h4-5,8-9,14-15,22-24,34H,2-3,6-7,10-13,17-19H2,1H3,(H,35,37)/t22-,30-/m1/s1. The van der Waals surface area contributed by atoms with E-state index in [1.165, 1.54) is 24.3 Å². The molecule has 2 atom stereocenters. The molecule has 1 amide bonds. The molecule has 0 radical (unpaired) electrons. The van der Waals surface area contributed by atoms with Crippen molar-refractivity contribution in [2.45, 2.75) is 79.1 Å². The number of nitrogens with one attached hydrogen (secondary N) is 2. The van der Waals surface area contributed by atoms with Gasteiger partial charge in [-0.05, 0) is 81.8 Å². The molecule has 1 saturated carbocycles. The monoisotopic (exact) mass is 650 g/mol. The van der Waals surface area contributed by atoms with Crippen molar-refractivity contribution in [3.05, 3.63) is 52.8 Å². The van der Waals surface area contributed by atoms with Crippen LogP contribution in [-0.4, -0.2) is 75.1 Å². The van der Waals surface area contributed by atoms with Crippen molar-refractivity contribution in [3.8, 4) is 6.07 Å². The smallest absolute Gasteiger partial charge is 0.265 e. The molecule has 2 N–H and O–H groups in total. The maximum atomic E-state index is 13.4. The molecule has 0 bridgehead atoms. The van der Waals surface area contributed by atoms with E-state index in [-0.39, 0.29) is 33.4 Å². The van der Waals surface area contributed by atoms with Crippen molar-refractivity contribution in [3.63, 3.8) is 0 Å². The second-order valence-electron chi connectivity index (χ2n) is 11.5. The molecule has 1 aliphatic carbocycles. The van der Waals surface area contributed by atoms with Crippen LogP contribution in [0.3, 0.4) is 0 Å². The van der Waals surface area contributed by atoms with Gasteiger partial charge in [0.1, 0.15) is 17.5 Å². The first kappa shape index (κ1) is 32.0. The quantitative estimate of drug-likeness (QED) is 0.290. The van der Waals surface area contributed by atoms with Gasteiger partial charge in [-0.3, -0.25) is 9.69 Å². The lowest BCUT2D eigenvalue weighted by Crippen LogP contribution is -2.53. The highest BCUT2D eigenvalue weighted by Crippen LogP contribution is 2.33. The van der Waals surface area contributed by atoms with Crippen LogP contribution in [0.25, 0.3) is 0 Å². The molecule has 2 aromatic carbocycles. The molecule has 2 aliphatic heterocycles. The van der Waals surface area contributed by atoms with E-state index >= 15 is 0 Å². The topological polar surface area (TPSA) is 121 Å². The van der Waals surface area contributed by atoms with E-state index in [9.17, 15) is 22.9 Å². The van der Waals surface area contributed by atoms with Gasteiger partial charge < -0.3 is 14.8 Å². The number of thioether (sulfide) groups is 1. The van der Waals surface area contributed by atoms with Gasteiger partial charge in [0.25, 0.3) is 15.9 Å². The van der Waals surface area contributed by atoms with Crippen LogP contribution in [0.1, 0.15) is 51.0 Å². The fraction of sp³-hybridized carbons (Fsp3) is 0.533. The van der Waals surface area contributed by atoms with Crippen molar-refractivity contribution < 1.29 is 27.1 Å². The van der Waals surface area contributed by atoms with E-state index in [2.05, 4.69) is 21.0 Å². The maximum absolute atomic E-state index is 13.4. The Kier molecular flexibility index (Phi) is 10.2. The lowest BCUT2D eigenvalue weighted by Gasteiger charge is -2.39. The molecular formula is C30H36ClFN4O5S2. The molecule has 232 valence electrons. The molecule has 0 spiro atoms. The Morgan fingerprint density at radius 1 is 1.26 bits per heavy atom. The Hall–Kier alpha value is -2.40. The Labute approximate surface area is 261 Å². The van der Waals surface area contributed by atoms with Gasteiger partial charge in [-0.2, -0.15) is 5.26 Å². The second-order valence-corrected chi connectivity index (χ2v) is 14.7. The summed E-state index contributed by atoms with van der Waals surface area (Å²) >= 11 is 8.14. The number of benzene rings is 2. The Morgan fingerprint density at radius 3 is 2.65 bits per heavy atom. The second kappa shape index (κ2) is 13.7. The number of sulfonamides is 1. The van der Waals surface area contributed by atoms with Gasteiger partial charge in [-0.25, -0.2) is 17.5 Å². The Bertz CT molecular complexity index is 1450. The van der Waals surface area contributed by atoms with Crippen LogP contribution in [0.15, 0.2) is 46.2 Å². The minimum absolute atomic E-state index is 0.0408. The highest BCUT2D eigenvalue weighted by Gasteiger charge is 2.39. The van der Waals surface area contributed by atoms with Crippen molar-refractivity contribution in [2.75, 3.05) is 37.3 Å². The summed E-state index contributed by atoms with van der Waals surface area (Å²) in [6.07, 6.45) is 5.67. The van der Waals surface area contributed by atoms with Gasteiger partial charge in [0.15, 0.2) is 0 Å². The minimum atomic E-state index is -4.32. The van der Waals surface area contributed by atoms with E-state index < -0.39 is 21.5 Å². The SMILES string of the molecule is C[C@]1(C(=O)NS(=O)(=O)c2cc(Cl)c(N[C@H](CCN3CC(OC4CC4)C3)CSc3ccc(F)cc3)c(C#N)c2)CCCCO1. The maximum Gasteiger partial charge on any atom is 0.265 e. The third-order valence-electron chi connectivity index (χ3n) is 7.91. The molecule has 5 rings (SSSR count). The first-order valence-electron chi connectivity index (χ1n) is 14.5. The number of carbonyl (C=O) groups is 1. The highest BCUT2D eigenvalue weighted by atomic mass is 35.5. The summed E-state index contributed by atoms with van der Waals surface area (Å²) in [5, 5.41) is 13.4. The molecule has 0 aromatic heterocycles. The van der Waals surface area contributed by atoms with E-state index in [4.69, 9.17) is 21.1 Å². The number of hydrogen-bond donors (Lipinski definition) is 2. The van der Waals surface area contributed by atoms with Crippen LogP contribution in [0.5, 0.6) is 0 Å². The summed E-state index contributed by atoms with van der Waals surface area (Å²) in [5.74, 6) is -0.466. The fourth-order valence-corrected chi connectivity index (χ4v) is 7.54. The third kappa shape index (κ3) is 8.41. The van der Waals surface area contributed by atoms with Crippen LogP contribution in [0.4, 0.5) is 10.1 Å². The molecule has 3 fully saturated rings. The lowest BCUT2D eigenvalue weighted by atomic mass is 9.95. The van der Waals surface area contributed by atoms with E-state index in [0.717, 1.165) is 56.6 Å². The molecule has 2 saturated heterocycles. The van der Waals surface area contributed by atoms with E-state index in [1.807, 2.05) is 0 Å². The van der Waals surface area contributed by atoms with Gasteiger partial charge in [0.2, 0.25) is 0 Å². The van der Waals surface area contributed by atoms with Crippen molar-refractivity contribution in [1.29, 1.82) is 5.26 Å². The number of likely N-dealkylation sites (tertiary alicyclic amines) is 1. The summed E-state index contributed by atoms with van der Waals surface area (Å²) in [6, 6.07) is 10.6. The number of carbonyl (C=O) groups excluding carboxylic acids is 1. The Morgan fingerprint density at radius 2 is 2.00 bits per heavy atom. The van der Waals surface area contributed by atoms with Crippen LogP contribution in [0, 0.1) is 17.1 Å². The van der Waals surface area contributed by atoms with E-state index in [1.54, 1.807) is 30.8 Å². The zero-order chi connectivity index (χ0) is 30.6. The number of rotatable bonds is 13. The van der Waals surface area contributed by atoms with Crippen molar-refractivity contribution in [2.24, 2.45) is 0 Å². The van der Waals surface area contributed by atoms with Gasteiger partial charge in [0.05, 0.1) is 33.4 Å². The molecular weight excluding hydrogens is 615 g/mol. The summed E-state index contributed by atoms with van der Waals surface area (Å²) < 4.78 is 53.4. The zero-order valence-corrected chi connectivity index (χ0v) is 26.4. The number of nitriles is 1. The van der Waals surface area contributed by atoms with Crippen molar-refractivity contribution >= 4 is 45.0 Å². The third-order valence-corrected chi connectivity index (χ3v) is 10.7. The van der Waals surface area contributed by atoms with Crippen LogP contribution in [-0.2, 0) is 24.3 Å². The number of halogens is 2. The van der Waals surface area contributed by atoms with E-state index in [0.29, 0.717) is 30.6 Å². The molecule has 13 heteroatoms. The van der Waals surface area contributed by atoms with Crippen molar-refractivity contribution in [1.82, 2.24) is 9.62 Å². The lowest BCUT2D eigenvalue weighted by molar-refractivity contribution is -0.148. The van der Waals surface area contributed by atoms with Gasteiger partial charge in [0, 0.05) is 42.9 Å². The van der Waals surface area contributed by atoms with Crippen LogP contribution >= 0.6 is 23.4 Å². The first-order valence-corrected chi connectivity index (χ1v) is 17.4. The normalized spacial score (nSPS) is 21.9. The molecule has 2 aromatic rings. The minimum Gasteiger partial charge on any atom is -0.379 e. The molecule has 0 unspecified atom stereocenters. The average molecular weight is 651 g/mol. The summed E-state index contributed by atoms with van der Waals surface area (Å²) in [4.78, 5) is 15.8. The number of ether oxygens (including phenoxy) is 2. The predicted octanol–water partition coefficient (Wildman–Crippen LogP) is 4.94. The summed E-state index contributed by atoms with van der Waals surface area (Å²) in [6.45, 7) is 4.50. The highest BCUT2D eigenvalue weighted by molar-refractivity contribution is 7.99. The summed E-state index contributed by atoms with van der Waals surface area (Å²) in [5.41, 5.74) is -0.885. The number of nitrogens with zero attached hydrogens (tertiary/aromatic N) is 2. The van der Waals surface area contributed by atoms with Crippen LogP contribution in [0.2, 0.25) is 5.02 Å². The summed E-state index contributed by atoms with van der Waals surface area (Å²) in [7, 11) is -4.32. The van der Waals surface area contributed by atoms with Gasteiger partial charge in [-0.15, -0.1) is 11.8 Å².